The molecule has 0 fully saturated rings. The summed E-state index contributed by atoms with van der Waals surface area (Å²) in [5, 5.41) is 1.05. The SMILES string of the molecule is O=C(Cc1ccccc1Br)c1ccc2ccccc2n1. The number of Topliss-reactive ketones (excluding diaryl/α,β-unsaturated/α-hetero) is 1. The molecule has 0 aliphatic carbocycles. The van der Waals surface area contributed by atoms with E-state index in [0.29, 0.717) is 12.1 Å². The lowest BCUT2D eigenvalue weighted by Crippen LogP contribution is -2.06. The van der Waals surface area contributed by atoms with Gasteiger partial charge in [-0.2, -0.15) is 0 Å². The summed E-state index contributed by atoms with van der Waals surface area (Å²) in [5.74, 6) is 0.0302. The molecule has 0 atom stereocenters. The number of fused-ring (bicyclic) bond motifs is 1. The van der Waals surface area contributed by atoms with E-state index in [9.17, 15) is 4.79 Å². The van der Waals surface area contributed by atoms with Crippen molar-refractivity contribution in [3.05, 3.63) is 76.4 Å². The number of aromatic nitrogens is 1. The maximum absolute atomic E-state index is 12.3. The Bertz CT molecular complexity index is 783. The third-order valence-electron chi connectivity index (χ3n) is 3.19. The zero-order valence-corrected chi connectivity index (χ0v) is 12.3. The van der Waals surface area contributed by atoms with Gasteiger partial charge in [0.05, 0.1) is 5.52 Å². The second kappa shape index (κ2) is 5.55. The summed E-state index contributed by atoms with van der Waals surface area (Å²) in [7, 11) is 0. The minimum Gasteiger partial charge on any atom is -0.292 e. The average Bonchev–Trinajstić information content (AvgIpc) is 2.49. The van der Waals surface area contributed by atoms with Crippen molar-refractivity contribution in [1.29, 1.82) is 0 Å². The molecule has 3 rings (SSSR count). The predicted octanol–water partition coefficient (Wildman–Crippen LogP) is 4.42. The highest BCUT2D eigenvalue weighted by Crippen LogP contribution is 2.18. The number of benzene rings is 2. The van der Waals surface area contributed by atoms with Crippen molar-refractivity contribution in [1.82, 2.24) is 4.98 Å². The van der Waals surface area contributed by atoms with Crippen LogP contribution in [0.2, 0.25) is 0 Å². The number of halogens is 1. The summed E-state index contributed by atoms with van der Waals surface area (Å²) in [6, 6.07) is 19.3. The molecular weight excluding hydrogens is 314 g/mol. The van der Waals surface area contributed by atoms with Gasteiger partial charge >= 0.3 is 0 Å². The van der Waals surface area contributed by atoms with Gasteiger partial charge < -0.3 is 0 Å². The standard InChI is InChI=1S/C17H12BrNO/c18-14-7-3-1-6-13(14)11-17(20)16-10-9-12-5-2-4-8-15(12)19-16/h1-10H,11H2. The molecule has 3 heteroatoms. The van der Waals surface area contributed by atoms with Crippen molar-refractivity contribution >= 4 is 32.6 Å². The van der Waals surface area contributed by atoms with E-state index in [0.717, 1.165) is 20.9 Å². The van der Waals surface area contributed by atoms with Crippen LogP contribution in [0.15, 0.2) is 65.1 Å². The van der Waals surface area contributed by atoms with E-state index in [-0.39, 0.29) is 5.78 Å². The molecular formula is C17H12BrNO. The van der Waals surface area contributed by atoms with Gasteiger partial charge in [0.15, 0.2) is 5.78 Å². The topological polar surface area (TPSA) is 30.0 Å². The van der Waals surface area contributed by atoms with Crippen LogP contribution in [0.5, 0.6) is 0 Å². The zero-order valence-electron chi connectivity index (χ0n) is 10.7. The lowest BCUT2D eigenvalue weighted by molar-refractivity contribution is 0.0988. The minimum atomic E-state index is 0.0302. The Hall–Kier alpha value is -2.00. The van der Waals surface area contributed by atoms with E-state index < -0.39 is 0 Å². The Morgan fingerprint density at radius 2 is 1.70 bits per heavy atom. The quantitative estimate of drug-likeness (QED) is 0.667. The molecule has 0 saturated carbocycles. The minimum absolute atomic E-state index is 0.0302. The van der Waals surface area contributed by atoms with Crippen LogP contribution in [0.3, 0.4) is 0 Å². The zero-order chi connectivity index (χ0) is 13.9. The van der Waals surface area contributed by atoms with Crippen molar-refractivity contribution in [2.45, 2.75) is 6.42 Å². The Labute approximate surface area is 125 Å². The highest BCUT2D eigenvalue weighted by atomic mass is 79.9. The predicted molar refractivity (Wildman–Crippen MR) is 83.9 cm³/mol. The fraction of sp³-hybridized carbons (Fsp3) is 0.0588. The van der Waals surface area contributed by atoms with Gasteiger partial charge in [-0.1, -0.05) is 58.4 Å². The number of rotatable bonds is 3. The van der Waals surface area contributed by atoms with Crippen molar-refractivity contribution in [2.24, 2.45) is 0 Å². The molecule has 0 amide bonds. The number of pyridine rings is 1. The first-order valence-corrected chi connectivity index (χ1v) is 7.16. The lowest BCUT2D eigenvalue weighted by atomic mass is 10.1. The molecule has 0 aliphatic heterocycles. The maximum Gasteiger partial charge on any atom is 0.185 e. The summed E-state index contributed by atoms with van der Waals surface area (Å²) in [4.78, 5) is 16.8. The molecule has 0 N–H and O–H groups in total. The number of carbonyl (C=O) groups is 1. The van der Waals surface area contributed by atoms with Gasteiger partial charge in [0, 0.05) is 16.3 Å². The van der Waals surface area contributed by atoms with Crippen LogP contribution < -0.4 is 0 Å². The lowest BCUT2D eigenvalue weighted by Gasteiger charge is -2.04. The molecule has 3 aromatic rings. The molecule has 0 saturated heterocycles. The Balaban J connectivity index is 1.91. The highest BCUT2D eigenvalue weighted by Gasteiger charge is 2.11. The first-order valence-electron chi connectivity index (χ1n) is 6.36. The number of hydrogen-bond acceptors (Lipinski definition) is 2. The largest absolute Gasteiger partial charge is 0.292 e. The van der Waals surface area contributed by atoms with Gasteiger partial charge in [0.1, 0.15) is 5.69 Å². The fourth-order valence-corrected chi connectivity index (χ4v) is 2.55. The van der Waals surface area contributed by atoms with Gasteiger partial charge in [0.2, 0.25) is 0 Å². The third-order valence-corrected chi connectivity index (χ3v) is 3.97. The van der Waals surface area contributed by atoms with Crippen LogP contribution >= 0.6 is 15.9 Å². The van der Waals surface area contributed by atoms with Gasteiger partial charge in [-0.05, 0) is 23.8 Å². The molecule has 2 nitrogen and oxygen atoms in total. The van der Waals surface area contributed by atoms with Crippen LogP contribution in [0.4, 0.5) is 0 Å². The number of ketones is 1. The van der Waals surface area contributed by atoms with Crippen LogP contribution in [-0.4, -0.2) is 10.8 Å². The van der Waals surface area contributed by atoms with E-state index in [4.69, 9.17) is 0 Å². The molecule has 0 radical (unpaired) electrons. The first kappa shape index (κ1) is 13.0. The van der Waals surface area contributed by atoms with Crippen molar-refractivity contribution < 1.29 is 4.79 Å². The van der Waals surface area contributed by atoms with Gasteiger partial charge in [-0.25, -0.2) is 4.98 Å². The maximum atomic E-state index is 12.3. The van der Waals surface area contributed by atoms with E-state index in [1.54, 1.807) is 6.07 Å². The van der Waals surface area contributed by atoms with Crippen molar-refractivity contribution in [3.8, 4) is 0 Å². The van der Waals surface area contributed by atoms with E-state index in [1.807, 2.05) is 54.6 Å². The van der Waals surface area contributed by atoms with E-state index >= 15 is 0 Å². The number of hydrogen-bond donors (Lipinski definition) is 0. The monoisotopic (exact) mass is 325 g/mol. The van der Waals surface area contributed by atoms with Crippen LogP contribution in [0.25, 0.3) is 10.9 Å². The van der Waals surface area contributed by atoms with Crippen LogP contribution in [-0.2, 0) is 6.42 Å². The van der Waals surface area contributed by atoms with Gasteiger partial charge in [0.25, 0.3) is 0 Å². The normalized spacial score (nSPS) is 10.7. The second-order valence-corrected chi connectivity index (χ2v) is 5.43. The number of carbonyl (C=O) groups excluding carboxylic acids is 1. The summed E-state index contributed by atoms with van der Waals surface area (Å²) < 4.78 is 0.953. The molecule has 0 aliphatic rings. The Morgan fingerprint density at radius 3 is 2.55 bits per heavy atom. The molecule has 20 heavy (non-hydrogen) atoms. The number of para-hydroxylation sites is 1. The van der Waals surface area contributed by atoms with E-state index in [1.165, 1.54) is 0 Å². The first-order chi connectivity index (χ1) is 9.74. The summed E-state index contributed by atoms with van der Waals surface area (Å²) in [6.45, 7) is 0. The molecule has 0 spiro atoms. The molecule has 0 bridgehead atoms. The van der Waals surface area contributed by atoms with Gasteiger partial charge in [-0.3, -0.25) is 4.79 Å². The molecule has 0 unspecified atom stereocenters. The Morgan fingerprint density at radius 1 is 0.950 bits per heavy atom. The van der Waals surface area contributed by atoms with Crippen LogP contribution in [0.1, 0.15) is 16.1 Å². The third kappa shape index (κ3) is 2.63. The van der Waals surface area contributed by atoms with Crippen LogP contribution in [0, 0.1) is 0 Å². The van der Waals surface area contributed by atoms with E-state index in [2.05, 4.69) is 20.9 Å². The molecule has 2 aromatic carbocycles. The van der Waals surface area contributed by atoms with Crippen molar-refractivity contribution in [3.63, 3.8) is 0 Å². The smallest absolute Gasteiger partial charge is 0.185 e. The molecule has 1 aromatic heterocycles. The van der Waals surface area contributed by atoms with Crippen molar-refractivity contribution in [2.75, 3.05) is 0 Å². The summed E-state index contributed by atoms with van der Waals surface area (Å²) in [6.07, 6.45) is 0.354. The average molecular weight is 326 g/mol. The van der Waals surface area contributed by atoms with Gasteiger partial charge in [-0.15, -0.1) is 0 Å². The number of nitrogens with zero attached hydrogens (tertiary/aromatic N) is 1. The molecule has 98 valence electrons. The summed E-state index contributed by atoms with van der Waals surface area (Å²) >= 11 is 3.46. The highest BCUT2D eigenvalue weighted by molar-refractivity contribution is 9.10. The Kier molecular flexibility index (Phi) is 3.61. The fourth-order valence-electron chi connectivity index (χ4n) is 2.13. The summed E-state index contributed by atoms with van der Waals surface area (Å²) in [5.41, 5.74) is 2.34. The molecule has 1 heterocycles. The second-order valence-electron chi connectivity index (χ2n) is 4.58.